The van der Waals surface area contributed by atoms with E-state index in [1.807, 2.05) is 12.1 Å². The van der Waals surface area contributed by atoms with Crippen molar-refractivity contribution in [3.05, 3.63) is 42.0 Å². The lowest BCUT2D eigenvalue weighted by Crippen LogP contribution is -2.34. The molecule has 0 bridgehead atoms. The summed E-state index contributed by atoms with van der Waals surface area (Å²) in [6, 6.07) is 6.54. The van der Waals surface area contributed by atoms with Crippen molar-refractivity contribution in [2.24, 2.45) is 0 Å². The van der Waals surface area contributed by atoms with Gasteiger partial charge in [0.15, 0.2) is 6.04 Å². The third-order valence-electron chi connectivity index (χ3n) is 3.29. The van der Waals surface area contributed by atoms with E-state index in [-0.39, 0.29) is 0 Å². The molecule has 0 saturated carbocycles. The van der Waals surface area contributed by atoms with Crippen LogP contribution in [-0.4, -0.2) is 39.4 Å². The predicted molar refractivity (Wildman–Crippen MR) is 78.1 cm³/mol. The number of methoxy groups -OCH3 is 2. The van der Waals surface area contributed by atoms with Gasteiger partial charge in [0.1, 0.15) is 0 Å². The summed E-state index contributed by atoms with van der Waals surface area (Å²) in [5, 5.41) is 2.46. The van der Waals surface area contributed by atoms with Crippen LogP contribution < -0.4 is 10.2 Å². The lowest BCUT2D eigenvalue weighted by molar-refractivity contribution is -0.143. The maximum absolute atomic E-state index is 11.8. The maximum atomic E-state index is 11.8. The molecule has 1 aromatic rings. The molecule has 6 nitrogen and oxygen atoms in total. The number of rotatable bonds is 4. The first-order valence-corrected chi connectivity index (χ1v) is 6.58. The van der Waals surface area contributed by atoms with Crippen LogP contribution in [-0.2, 0) is 14.3 Å². The summed E-state index contributed by atoms with van der Waals surface area (Å²) in [5.41, 5.74) is 1.70. The van der Waals surface area contributed by atoms with Gasteiger partial charge in [0.05, 0.1) is 14.2 Å². The number of esters is 1. The van der Waals surface area contributed by atoms with Crippen molar-refractivity contribution in [2.75, 3.05) is 32.2 Å². The number of nitrogens with one attached hydrogen (secondary N) is 1. The Hall–Kier alpha value is -2.50. The summed E-state index contributed by atoms with van der Waals surface area (Å²) in [6.07, 6.45) is 3.52. The zero-order valence-corrected chi connectivity index (χ0v) is 12.0. The lowest BCUT2D eigenvalue weighted by atomic mass is 10.1. The molecule has 1 amide bonds. The highest BCUT2D eigenvalue weighted by atomic mass is 16.5. The van der Waals surface area contributed by atoms with Crippen molar-refractivity contribution in [3.8, 4) is 0 Å². The van der Waals surface area contributed by atoms with E-state index < -0.39 is 18.1 Å². The fourth-order valence-corrected chi connectivity index (χ4v) is 2.14. The standard InChI is InChI=1S/C15H18N2O4/c1-20-14(18)13(16-15(19)21-2)11-5-7-12(8-6-11)17-9-3-4-10-17/h3-8,13H,9-10H2,1-2H3,(H,16,19)/t13-/m1/s1. The average Bonchev–Trinajstić information content (AvgIpc) is 3.06. The number of ether oxygens (including phenoxy) is 2. The average molecular weight is 290 g/mol. The first kappa shape index (κ1) is 14.9. The number of alkyl carbamates (subject to hydrolysis) is 1. The van der Waals surface area contributed by atoms with Crippen LogP contribution in [0, 0.1) is 0 Å². The van der Waals surface area contributed by atoms with E-state index in [2.05, 4.69) is 27.1 Å². The third kappa shape index (κ3) is 3.53. The minimum absolute atomic E-state index is 0.545. The Kier molecular flexibility index (Phi) is 4.81. The molecule has 1 atom stereocenters. The van der Waals surface area contributed by atoms with E-state index in [9.17, 15) is 9.59 Å². The molecule has 1 aromatic carbocycles. The van der Waals surface area contributed by atoms with E-state index in [0.717, 1.165) is 18.8 Å². The number of carbonyl (C=O) groups excluding carboxylic acids is 2. The molecule has 0 saturated heterocycles. The summed E-state index contributed by atoms with van der Waals surface area (Å²) in [7, 11) is 2.52. The number of hydrogen-bond donors (Lipinski definition) is 1. The first-order valence-electron chi connectivity index (χ1n) is 6.58. The minimum Gasteiger partial charge on any atom is -0.467 e. The van der Waals surface area contributed by atoms with Gasteiger partial charge < -0.3 is 19.7 Å². The Balaban J connectivity index is 2.15. The van der Waals surface area contributed by atoms with Crippen LogP contribution in [0.1, 0.15) is 11.6 Å². The molecule has 0 unspecified atom stereocenters. The van der Waals surface area contributed by atoms with Crippen molar-refractivity contribution in [2.45, 2.75) is 6.04 Å². The Bertz CT molecular complexity index is 531. The van der Waals surface area contributed by atoms with E-state index >= 15 is 0 Å². The molecule has 21 heavy (non-hydrogen) atoms. The number of hydrogen-bond acceptors (Lipinski definition) is 5. The highest BCUT2D eigenvalue weighted by molar-refractivity contribution is 5.82. The molecule has 2 rings (SSSR count). The van der Waals surface area contributed by atoms with Crippen molar-refractivity contribution in [1.29, 1.82) is 0 Å². The SMILES string of the molecule is COC(=O)N[C@@H](C(=O)OC)c1ccc(N2CC=CC2)cc1. The van der Waals surface area contributed by atoms with Crippen LogP contribution in [0.3, 0.4) is 0 Å². The number of amides is 1. The van der Waals surface area contributed by atoms with Crippen LogP contribution in [0.15, 0.2) is 36.4 Å². The molecule has 1 aliphatic rings. The Morgan fingerprint density at radius 2 is 1.71 bits per heavy atom. The fraction of sp³-hybridized carbons (Fsp3) is 0.333. The second-order valence-electron chi connectivity index (χ2n) is 4.56. The Labute approximate surface area is 123 Å². The summed E-state index contributed by atoms with van der Waals surface area (Å²) >= 11 is 0. The molecule has 1 aliphatic heterocycles. The van der Waals surface area contributed by atoms with Crippen LogP contribution in [0.4, 0.5) is 10.5 Å². The van der Waals surface area contributed by atoms with Crippen molar-refractivity contribution in [3.63, 3.8) is 0 Å². The zero-order valence-electron chi connectivity index (χ0n) is 12.0. The van der Waals surface area contributed by atoms with Gasteiger partial charge in [-0.05, 0) is 17.7 Å². The minimum atomic E-state index is -0.881. The van der Waals surface area contributed by atoms with Gasteiger partial charge in [0.25, 0.3) is 0 Å². The number of anilines is 1. The zero-order chi connectivity index (χ0) is 15.2. The molecule has 1 heterocycles. The molecule has 0 aliphatic carbocycles. The monoisotopic (exact) mass is 290 g/mol. The molecule has 112 valence electrons. The molecule has 0 spiro atoms. The second-order valence-corrected chi connectivity index (χ2v) is 4.56. The van der Waals surface area contributed by atoms with E-state index in [1.54, 1.807) is 12.1 Å². The topological polar surface area (TPSA) is 67.9 Å². The summed E-state index contributed by atoms with van der Waals surface area (Å²) in [4.78, 5) is 25.3. The summed E-state index contributed by atoms with van der Waals surface area (Å²) in [6.45, 7) is 1.75. The van der Waals surface area contributed by atoms with Gasteiger partial charge in [-0.15, -0.1) is 0 Å². The molecule has 0 radical (unpaired) electrons. The normalized spacial score (nSPS) is 14.7. The van der Waals surface area contributed by atoms with Gasteiger partial charge in [0.2, 0.25) is 0 Å². The van der Waals surface area contributed by atoms with Crippen LogP contribution in [0.2, 0.25) is 0 Å². The maximum Gasteiger partial charge on any atom is 0.407 e. The van der Waals surface area contributed by atoms with Gasteiger partial charge in [-0.3, -0.25) is 0 Å². The number of carbonyl (C=O) groups is 2. The largest absolute Gasteiger partial charge is 0.467 e. The Morgan fingerprint density at radius 3 is 2.24 bits per heavy atom. The van der Waals surface area contributed by atoms with Crippen LogP contribution >= 0.6 is 0 Å². The van der Waals surface area contributed by atoms with Gasteiger partial charge >= 0.3 is 12.1 Å². The summed E-state index contributed by atoms with van der Waals surface area (Å²) in [5.74, 6) is -0.545. The molecule has 6 heteroatoms. The van der Waals surface area contributed by atoms with Crippen molar-refractivity contribution < 1.29 is 19.1 Å². The van der Waals surface area contributed by atoms with E-state index in [1.165, 1.54) is 14.2 Å². The summed E-state index contributed by atoms with van der Waals surface area (Å²) < 4.78 is 9.24. The van der Waals surface area contributed by atoms with Crippen LogP contribution in [0.25, 0.3) is 0 Å². The highest BCUT2D eigenvalue weighted by Gasteiger charge is 2.24. The van der Waals surface area contributed by atoms with Crippen molar-refractivity contribution >= 4 is 17.7 Å². The van der Waals surface area contributed by atoms with E-state index in [4.69, 9.17) is 4.74 Å². The molecule has 0 fully saturated rings. The van der Waals surface area contributed by atoms with Crippen LogP contribution in [0.5, 0.6) is 0 Å². The number of nitrogens with zero attached hydrogens (tertiary/aromatic N) is 1. The molecule has 0 aromatic heterocycles. The van der Waals surface area contributed by atoms with Gasteiger partial charge in [-0.25, -0.2) is 9.59 Å². The number of benzene rings is 1. The first-order chi connectivity index (χ1) is 10.2. The second kappa shape index (κ2) is 6.78. The smallest absolute Gasteiger partial charge is 0.407 e. The lowest BCUT2D eigenvalue weighted by Gasteiger charge is -2.20. The van der Waals surface area contributed by atoms with Crippen molar-refractivity contribution in [1.82, 2.24) is 5.32 Å². The quantitative estimate of drug-likeness (QED) is 0.674. The Morgan fingerprint density at radius 1 is 1.10 bits per heavy atom. The highest BCUT2D eigenvalue weighted by Crippen LogP contribution is 2.21. The van der Waals surface area contributed by atoms with Gasteiger partial charge in [-0.2, -0.15) is 0 Å². The molecule has 1 N–H and O–H groups in total. The molecular weight excluding hydrogens is 272 g/mol. The van der Waals surface area contributed by atoms with Gasteiger partial charge in [-0.1, -0.05) is 24.3 Å². The van der Waals surface area contributed by atoms with Gasteiger partial charge in [0, 0.05) is 18.8 Å². The third-order valence-corrected chi connectivity index (χ3v) is 3.29. The molecular formula is C15H18N2O4. The predicted octanol–water partition coefficient (Wildman–Crippen LogP) is 1.63. The van der Waals surface area contributed by atoms with E-state index in [0.29, 0.717) is 5.56 Å². The fourth-order valence-electron chi connectivity index (χ4n) is 2.14.